The van der Waals surface area contributed by atoms with Gasteiger partial charge in [0.15, 0.2) is 0 Å². The van der Waals surface area contributed by atoms with E-state index in [4.69, 9.17) is 33.2 Å². The van der Waals surface area contributed by atoms with Gasteiger partial charge in [0.25, 0.3) is 0 Å². The van der Waals surface area contributed by atoms with Crippen LogP contribution in [-0.4, -0.2) is 74.1 Å². The van der Waals surface area contributed by atoms with Crippen molar-refractivity contribution in [3.8, 4) is 33.6 Å². The third-order valence-corrected chi connectivity index (χ3v) is 11.8. The van der Waals surface area contributed by atoms with Crippen LogP contribution in [0, 0.1) is 0 Å². The summed E-state index contributed by atoms with van der Waals surface area (Å²) in [4.78, 5) is 38.1. The van der Waals surface area contributed by atoms with Gasteiger partial charge < -0.3 is 31.1 Å². The van der Waals surface area contributed by atoms with E-state index in [1.807, 2.05) is 48.5 Å². The molecule has 0 aliphatic carbocycles. The van der Waals surface area contributed by atoms with Gasteiger partial charge in [-0.1, -0.05) is 71.7 Å². The second-order valence-electron chi connectivity index (χ2n) is 14.5. The first-order valence-corrected chi connectivity index (χ1v) is 19.1. The quantitative estimate of drug-likeness (QED) is 0.159. The first-order chi connectivity index (χ1) is 25.2. The van der Waals surface area contributed by atoms with E-state index in [1.165, 1.54) is 0 Å². The van der Waals surface area contributed by atoms with Crippen molar-refractivity contribution in [2.75, 3.05) is 50.1 Å². The zero-order valence-electron chi connectivity index (χ0n) is 29.5. The van der Waals surface area contributed by atoms with Crippen molar-refractivity contribution in [1.82, 2.24) is 31.2 Å². The topological polar surface area (TPSA) is 115 Å². The number of fused-ring (bicyclic) bond motifs is 2. The molecule has 2 fully saturated rings. The molecule has 8 rings (SSSR count). The minimum atomic E-state index is 0.132. The molecule has 4 aliphatic rings. The Bertz CT molecular complexity index is 1880. The summed E-state index contributed by atoms with van der Waals surface area (Å²) in [7, 11) is 4.15. The SMILES string of the molecule is CN1CCC(NC[C@@H]2CCC(=O)N2)c2ccc(-c3cccc(-c4cccc(-c5ccc6c(n5)N(C)CCC6NC[C@@H]5CCC(=O)N5)c4Cl)c3Cl)nc21. The summed E-state index contributed by atoms with van der Waals surface area (Å²) in [6.45, 7) is 3.23. The number of rotatable bonds is 9. The number of nitrogens with zero attached hydrogens (tertiary/aromatic N) is 4. The maximum Gasteiger partial charge on any atom is 0.220 e. The van der Waals surface area contributed by atoms with E-state index < -0.39 is 0 Å². The van der Waals surface area contributed by atoms with E-state index >= 15 is 0 Å². The number of pyridine rings is 2. The smallest absolute Gasteiger partial charge is 0.220 e. The van der Waals surface area contributed by atoms with Crippen LogP contribution in [0.3, 0.4) is 0 Å². The van der Waals surface area contributed by atoms with Gasteiger partial charge in [-0.2, -0.15) is 0 Å². The van der Waals surface area contributed by atoms with Crippen LogP contribution >= 0.6 is 23.2 Å². The van der Waals surface area contributed by atoms with Crippen molar-refractivity contribution >= 4 is 46.7 Å². The highest BCUT2D eigenvalue weighted by atomic mass is 35.5. The predicted molar refractivity (Wildman–Crippen MR) is 208 cm³/mol. The Morgan fingerprint density at radius 2 is 1.06 bits per heavy atom. The number of halogens is 2. The van der Waals surface area contributed by atoms with Crippen molar-refractivity contribution in [2.45, 2.75) is 62.7 Å². The van der Waals surface area contributed by atoms with E-state index in [0.29, 0.717) is 22.9 Å². The predicted octanol–water partition coefficient (Wildman–Crippen LogP) is 6.28. The van der Waals surface area contributed by atoms with E-state index in [-0.39, 0.29) is 36.0 Å². The average molecular weight is 740 g/mol. The summed E-state index contributed by atoms with van der Waals surface area (Å²) in [5.74, 6) is 2.13. The zero-order chi connectivity index (χ0) is 35.9. The summed E-state index contributed by atoms with van der Waals surface area (Å²) in [5.41, 5.74) is 7.23. The van der Waals surface area contributed by atoms with Crippen molar-refractivity contribution in [3.05, 3.63) is 81.8 Å². The lowest BCUT2D eigenvalue weighted by molar-refractivity contribution is -0.120. The molecule has 270 valence electrons. The summed E-state index contributed by atoms with van der Waals surface area (Å²) in [6, 6.07) is 21.1. The lowest BCUT2D eigenvalue weighted by atomic mass is 9.95. The van der Waals surface area contributed by atoms with Crippen LogP contribution < -0.4 is 31.1 Å². The number of hydrogen-bond acceptors (Lipinski definition) is 8. The fraction of sp³-hybridized carbons (Fsp3) is 0.400. The Balaban J connectivity index is 1.05. The molecule has 4 N–H and O–H groups in total. The number of aromatic nitrogens is 2. The van der Waals surface area contributed by atoms with E-state index in [0.717, 1.165) is 108 Å². The highest BCUT2D eigenvalue weighted by molar-refractivity contribution is 6.39. The van der Waals surface area contributed by atoms with Gasteiger partial charge in [-0.25, -0.2) is 9.97 Å². The molecule has 4 atom stereocenters. The monoisotopic (exact) mass is 738 g/mol. The molecule has 0 saturated carbocycles. The van der Waals surface area contributed by atoms with E-state index in [2.05, 4.69) is 57.3 Å². The van der Waals surface area contributed by atoms with Gasteiger partial charge in [-0.05, 0) is 37.8 Å². The van der Waals surface area contributed by atoms with Crippen LogP contribution in [0.5, 0.6) is 0 Å². The number of hydrogen-bond donors (Lipinski definition) is 4. The minimum Gasteiger partial charge on any atom is -0.359 e. The Hall–Kier alpha value is -4.22. The molecule has 10 nitrogen and oxygen atoms in total. The fourth-order valence-corrected chi connectivity index (χ4v) is 8.72. The van der Waals surface area contributed by atoms with E-state index in [1.54, 1.807) is 0 Å². The first-order valence-electron chi connectivity index (χ1n) is 18.3. The summed E-state index contributed by atoms with van der Waals surface area (Å²) >= 11 is 14.5. The Morgan fingerprint density at radius 3 is 1.46 bits per heavy atom. The minimum absolute atomic E-state index is 0.132. The number of anilines is 2. The van der Waals surface area contributed by atoms with Crippen molar-refractivity contribution in [1.29, 1.82) is 0 Å². The standard InChI is InChI=1S/C40H44Cl2N8O2/c1-49-19-17-31(43-21-23-9-15-35(51)45-23)29-11-13-33(47-39(29)49)27-7-3-5-25(37(27)41)26-6-4-8-28(38(26)42)34-14-12-30-32(18-20-50(2)40(30)48-34)44-22-24-10-16-36(52)46-24/h3-8,11-14,23-24,31-32,43-44H,9-10,15-22H2,1-2H3,(H,45,51)(H,46,52)/t23-,24-,31?,32?/m0/s1. The van der Waals surface area contributed by atoms with Crippen LogP contribution in [-0.2, 0) is 9.59 Å². The van der Waals surface area contributed by atoms with Crippen molar-refractivity contribution < 1.29 is 9.59 Å². The van der Waals surface area contributed by atoms with E-state index in [9.17, 15) is 9.59 Å². The second-order valence-corrected chi connectivity index (χ2v) is 15.3. The highest BCUT2D eigenvalue weighted by Gasteiger charge is 2.30. The van der Waals surface area contributed by atoms with Crippen LogP contribution in [0.15, 0.2) is 60.7 Å². The number of carbonyl (C=O) groups is 2. The molecule has 2 amide bonds. The molecule has 4 aromatic rings. The molecule has 0 spiro atoms. The molecule has 2 aromatic carbocycles. The van der Waals surface area contributed by atoms with Crippen molar-refractivity contribution in [3.63, 3.8) is 0 Å². The molecule has 0 bridgehead atoms. The van der Waals surface area contributed by atoms with Gasteiger partial charge in [-0.3, -0.25) is 9.59 Å². The number of benzene rings is 2. The number of carbonyl (C=O) groups excluding carboxylic acids is 2. The van der Waals surface area contributed by atoms with Gasteiger partial charge in [-0.15, -0.1) is 0 Å². The fourth-order valence-electron chi connectivity index (χ4n) is 8.07. The summed E-state index contributed by atoms with van der Waals surface area (Å²) < 4.78 is 0. The normalized spacial score (nSPS) is 22.6. The molecular formula is C40H44Cl2N8O2. The molecule has 0 radical (unpaired) electrons. The Kier molecular flexibility index (Phi) is 9.82. The second kappa shape index (κ2) is 14.7. The van der Waals surface area contributed by atoms with Gasteiger partial charge >= 0.3 is 0 Å². The maximum atomic E-state index is 11.7. The molecule has 2 unspecified atom stereocenters. The Labute approximate surface area is 314 Å². The zero-order valence-corrected chi connectivity index (χ0v) is 31.0. The molecule has 4 aliphatic heterocycles. The Morgan fingerprint density at radius 1 is 0.635 bits per heavy atom. The van der Waals surface area contributed by atoms with Crippen LogP contribution in [0.25, 0.3) is 33.6 Å². The molecule has 6 heterocycles. The highest BCUT2D eigenvalue weighted by Crippen LogP contribution is 2.44. The average Bonchev–Trinajstić information content (AvgIpc) is 3.78. The number of nitrogens with one attached hydrogen (secondary N) is 4. The molecule has 52 heavy (non-hydrogen) atoms. The lowest BCUT2D eigenvalue weighted by Gasteiger charge is -2.33. The molecular weight excluding hydrogens is 695 g/mol. The maximum absolute atomic E-state index is 11.7. The van der Waals surface area contributed by atoms with Gasteiger partial charge in [0.1, 0.15) is 11.6 Å². The van der Waals surface area contributed by atoms with Gasteiger partial charge in [0.05, 0.1) is 21.4 Å². The first kappa shape index (κ1) is 34.8. The van der Waals surface area contributed by atoms with Gasteiger partial charge in [0.2, 0.25) is 11.8 Å². The van der Waals surface area contributed by atoms with Crippen LogP contribution in [0.1, 0.15) is 61.7 Å². The third kappa shape index (κ3) is 6.85. The summed E-state index contributed by atoms with van der Waals surface area (Å²) in [5, 5.41) is 14.7. The lowest BCUT2D eigenvalue weighted by Crippen LogP contribution is -2.40. The third-order valence-electron chi connectivity index (χ3n) is 11.0. The molecule has 2 aromatic heterocycles. The molecule has 2 saturated heterocycles. The number of amides is 2. The molecule has 12 heteroatoms. The van der Waals surface area contributed by atoms with Crippen LogP contribution in [0.2, 0.25) is 10.0 Å². The van der Waals surface area contributed by atoms with Crippen molar-refractivity contribution in [2.24, 2.45) is 0 Å². The summed E-state index contributed by atoms with van der Waals surface area (Å²) in [6.07, 6.45) is 4.86. The van der Waals surface area contributed by atoms with Crippen LogP contribution in [0.4, 0.5) is 11.6 Å². The van der Waals surface area contributed by atoms with Gasteiger partial charge in [0, 0.05) is 111 Å². The largest absolute Gasteiger partial charge is 0.359 e.